The maximum absolute atomic E-state index is 11.1. The van der Waals surface area contributed by atoms with Gasteiger partial charge in [-0.1, -0.05) is 6.07 Å². The molecule has 9 heteroatoms. The Morgan fingerprint density at radius 1 is 1.00 bits per heavy atom. The fraction of sp³-hybridized carbons (Fsp3) is 0.105. The number of benzene rings is 1. The molecule has 0 aliphatic carbocycles. The summed E-state index contributed by atoms with van der Waals surface area (Å²) in [6.07, 6.45) is 1.65. The van der Waals surface area contributed by atoms with E-state index in [1.807, 2.05) is 6.07 Å². The summed E-state index contributed by atoms with van der Waals surface area (Å²) < 4.78 is 0. The monoisotopic (exact) mass is 378 g/mol. The van der Waals surface area contributed by atoms with Crippen LogP contribution < -0.4 is 16.0 Å². The lowest BCUT2D eigenvalue weighted by Crippen LogP contribution is -2.15. The van der Waals surface area contributed by atoms with Crippen LogP contribution in [0.15, 0.2) is 54.7 Å². The largest absolute Gasteiger partial charge is 0.480 e. The molecule has 0 radical (unpaired) electrons. The van der Waals surface area contributed by atoms with E-state index in [0.717, 1.165) is 5.69 Å². The van der Waals surface area contributed by atoms with Crippen molar-refractivity contribution >= 4 is 35.0 Å². The van der Waals surface area contributed by atoms with Crippen molar-refractivity contribution in [3.8, 4) is 11.4 Å². The number of amides is 1. The van der Waals surface area contributed by atoms with Gasteiger partial charge < -0.3 is 21.1 Å². The molecule has 2 heterocycles. The van der Waals surface area contributed by atoms with Crippen LogP contribution in [-0.4, -0.2) is 38.5 Å². The minimum absolute atomic E-state index is 0.148. The van der Waals surface area contributed by atoms with Gasteiger partial charge in [-0.15, -0.1) is 0 Å². The van der Waals surface area contributed by atoms with Crippen LogP contribution in [0.25, 0.3) is 11.4 Å². The molecule has 0 saturated heterocycles. The van der Waals surface area contributed by atoms with Crippen molar-refractivity contribution in [2.45, 2.75) is 6.92 Å². The molecular weight excluding hydrogens is 360 g/mol. The number of carbonyl (C=O) groups excluding carboxylic acids is 1. The maximum atomic E-state index is 11.1. The zero-order chi connectivity index (χ0) is 19.9. The predicted molar refractivity (Wildman–Crippen MR) is 105 cm³/mol. The number of rotatable bonds is 7. The van der Waals surface area contributed by atoms with Crippen LogP contribution in [0.5, 0.6) is 0 Å². The number of aliphatic carboxylic acids is 1. The van der Waals surface area contributed by atoms with Crippen molar-refractivity contribution in [1.82, 2.24) is 15.0 Å². The van der Waals surface area contributed by atoms with Gasteiger partial charge in [-0.3, -0.25) is 14.6 Å². The highest BCUT2D eigenvalue weighted by atomic mass is 16.4. The Hall–Kier alpha value is -4.01. The molecule has 142 valence electrons. The summed E-state index contributed by atoms with van der Waals surface area (Å²) >= 11 is 0. The van der Waals surface area contributed by atoms with Crippen molar-refractivity contribution in [3.05, 3.63) is 54.7 Å². The smallest absolute Gasteiger partial charge is 0.322 e. The van der Waals surface area contributed by atoms with Gasteiger partial charge in [0.1, 0.15) is 12.4 Å². The summed E-state index contributed by atoms with van der Waals surface area (Å²) in [5.74, 6) is -0.528. The highest BCUT2D eigenvalue weighted by Crippen LogP contribution is 2.23. The molecule has 1 aromatic carbocycles. The van der Waals surface area contributed by atoms with E-state index >= 15 is 0 Å². The Balaban J connectivity index is 1.87. The number of nitrogens with one attached hydrogen (secondary N) is 3. The third-order valence-electron chi connectivity index (χ3n) is 3.53. The number of carboxylic acid groups (broad SMARTS) is 1. The molecule has 0 unspecified atom stereocenters. The van der Waals surface area contributed by atoms with E-state index in [1.165, 1.54) is 6.92 Å². The number of carbonyl (C=O) groups is 2. The summed E-state index contributed by atoms with van der Waals surface area (Å²) in [6, 6.07) is 14.2. The van der Waals surface area contributed by atoms with E-state index in [0.29, 0.717) is 22.9 Å². The topological polar surface area (TPSA) is 129 Å². The first-order chi connectivity index (χ1) is 13.5. The van der Waals surface area contributed by atoms with Crippen molar-refractivity contribution in [1.29, 1.82) is 0 Å². The van der Waals surface area contributed by atoms with Crippen LogP contribution in [-0.2, 0) is 9.59 Å². The van der Waals surface area contributed by atoms with E-state index in [9.17, 15) is 9.59 Å². The van der Waals surface area contributed by atoms with Gasteiger partial charge in [-0.25, -0.2) is 4.98 Å². The Bertz CT molecular complexity index is 977. The van der Waals surface area contributed by atoms with Gasteiger partial charge in [0.25, 0.3) is 0 Å². The van der Waals surface area contributed by atoms with Gasteiger partial charge in [0.05, 0.1) is 11.4 Å². The standard InChI is InChI=1S/C19H18N6O3/c1-12(26)22-13-5-7-14(8-6-13)23-17-10-16(15-4-2-3-9-20-15)24-19(25-17)21-11-18(27)28/h2-10H,11H2,1H3,(H,22,26)(H,27,28)(H2,21,23,24,25). The van der Waals surface area contributed by atoms with Crippen molar-refractivity contribution in [2.75, 3.05) is 22.5 Å². The predicted octanol–water partition coefficient (Wildman–Crippen LogP) is 2.74. The van der Waals surface area contributed by atoms with E-state index in [4.69, 9.17) is 5.11 Å². The zero-order valence-electron chi connectivity index (χ0n) is 15.0. The summed E-state index contributed by atoms with van der Waals surface area (Å²) in [4.78, 5) is 34.8. The lowest BCUT2D eigenvalue weighted by molar-refractivity contribution is -0.135. The molecule has 9 nitrogen and oxygen atoms in total. The molecule has 28 heavy (non-hydrogen) atoms. The first-order valence-corrected chi connectivity index (χ1v) is 8.40. The molecule has 0 aliphatic heterocycles. The SMILES string of the molecule is CC(=O)Nc1ccc(Nc2cc(-c3ccccn3)nc(NCC(=O)O)n2)cc1. The molecular formula is C19H18N6O3. The van der Waals surface area contributed by atoms with Gasteiger partial charge >= 0.3 is 5.97 Å². The van der Waals surface area contributed by atoms with Crippen LogP contribution in [0.4, 0.5) is 23.1 Å². The van der Waals surface area contributed by atoms with Gasteiger partial charge in [0, 0.05) is 30.6 Å². The molecule has 0 fully saturated rings. The fourth-order valence-corrected chi connectivity index (χ4v) is 2.38. The minimum atomic E-state index is -1.02. The van der Waals surface area contributed by atoms with Crippen molar-refractivity contribution in [3.63, 3.8) is 0 Å². The molecule has 1 amide bonds. The lowest BCUT2D eigenvalue weighted by Gasteiger charge is -2.11. The number of hydrogen-bond acceptors (Lipinski definition) is 7. The summed E-state index contributed by atoms with van der Waals surface area (Å²) in [5.41, 5.74) is 2.59. The average molecular weight is 378 g/mol. The maximum Gasteiger partial charge on any atom is 0.322 e. The highest BCUT2D eigenvalue weighted by molar-refractivity contribution is 5.88. The molecule has 0 atom stereocenters. The minimum Gasteiger partial charge on any atom is -0.480 e. The van der Waals surface area contributed by atoms with E-state index in [-0.39, 0.29) is 18.4 Å². The third-order valence-corrected chi connectivity index (χ3v) is 3.53. The summed E-state index contributed by atoms with van der Waals surface area (Å²) in [5, 5.41) is 17.4. The Morgan fingerprint density at radius 2 is 1.75 bits per heavy atom. The Morgan fingerprint density at radius 3 is 2.39 bits per heavy atom. The van der Waals surface area contributed by atoms with Crippen LogP contribution in [0, 0.1) is 0 Å². The van der Waals surface area contributed by atoms with Crippen molar-refractivity contribution in [2.24, 2.45) is 0 Å². The fourth-order valence-electron chi connectivity index (χ4n) is 2.38. The summed E-state index contributed by atoms with van der Waals surface area (Å²) in [7, 11) is 0. The highest BCUT2D eigenvalue weighted by Gasteiger charge is 2.09. The first-order valence-electron chi connectivity index (χ1n) is 8.40. The number of anilines is 4. The van der Waals surface area contributed by atoms with Crippen LogP contribution in [0.2, 0.25) is 0 Å². The summed E-state index contributed by atoms with van der Waals surface area (Å²) in [6.45, 7) is 1.13. The Labute approximate surface area is 160 Å². The van der Waals surface area contributed by atoms with Crippen LogP contribution in [0.3, 0.4) is 0 Å². The zero-order valence-corrected chi connectivity index (χ0v) is 15.0. The van der Waals surface area contributed by atoms with Crippen LogP contribution in [0.1, 0.15) is 6.92 Å². The van der Waals surface area contributed by atoms with E-state index < -0.39 is 5.97 Å². The lowest BCUT2D eigenvalue weighted by atomic mass is 10.2. The molecule has 4 N–H and O–H groups in total. The second-order valence-electron chi connectivity index (χ2n) is 5.81. The van der Waals surface area contributed by atoms with Crippen molar-refractivity contribution < 1.29 is 14.7 Å². The van der Waals surface area contributed by atoms with E-state index in [1.54, 1.807) is 48.7 Å². The van der Waals surface area contributed by atoms with Crippen LogP contribution >= 0.6 is 0 Å². The van der Waals surface area contributed by atoms with Gasteiger partial charge in [0.2, 0.25) is 11.9 Å². The second-order valence-corrected chi connectivity index (χ2v) is 5.81. The van der Waals surface area contributed by atoms with Gasteiger partial charge in [-0.05, 0) is 36.4 Å². The van der Waals surface area contributed by atoms with E-state index in [2.05, 4.69) is 30.9 Å². The molecule has 3 aromatic rings. The molecule has 0 saturated carbocycles. The number of aromatic nitrogens is 3. The normalized spacial score (nSPS) is 10.2. The number of nitrogens with zero attached hydrogens (tertiary/aromatic N) is 3. The van der Waals surface area contributed by atoms with Gasteiger partial charge in [-0.2, -0.15) is 4.98 Å². The molecule has 3 rings (SSSR count). The molecule has 0 bridgehead atoms. The quantitative estimate of drug-likeness (QED) is 0.494. The number of carboxylic acids is 1. The number of pyridine rings is 1. The average Bonchev–Trinajstić information content (AvgIpc) is 2.68. The molecule has 2 aromatic heterocycles. The first kappa shape index (κ1) is 18.8. The molecule has 0 aliphatic rings. The third kappa shape index (κ3) is 5.24. The van der Waals surface area contributed by atoms with Gasteiger partial charge in [0.15, 0.2) is 0 Å². The number of hydrogen-bond donors (Lipinski definition) is 4. The molecule has 0 spiro atoms. The Kier molecular flexibility index (Phi) is 5.75. The second kappa shape index (κ2) is 8.58.